The fourth-order valence-corrected chi connectivity index (χ4v) is 3.66. The highest BCUT2D eigenvalue weighted by molar-refractivity contribution is 5.90. The van der Waals surface area contributed by atoms with Gasteiger partial charge in [-0.25, -0.2) is 9.18 Å². The summed E-state index contributed by atoms with van der Waals surface area (Å²) in [7, 11) is 0. The van der Waals surface area contributed by atoms with Gasteiger partial charge in [-0.15, -0.1) is 0 Å². The molecule has 0 unspecified atom stereocenters. The number of anilines is 1. The van der Waals surface area contributed by atoms with E-state index in [2.05, 4.69) is 5.32 Å². The molecule has 1 heterocycles. The normalized spacial score (nSPS) is 15.3. The van der Waals surface area contributed by atoms with Crippen molar-refractivity contribution in [3.63, 3.8) is 0 Å². The first-order valence-corrected chi connectivity index (χ1v) is 10.5. The number of nitrogens with one attached hydrogen (secondary N) is 1. The Morgan fingerprint density at radius 3 is 2.32 bits per heavy atom. The predicted molar refractivity (Wildman–Crippen MR) is 122 cm³/mol. The number of amides is 4. The average molecular weight is 471 g/mol. The molecule has 4 amide bonds. The molecule has 0 radical (unpaired) electrons. The van der Waals surface area contributed by atoms with Gasteiger partial charge in [-0.2, -0.15) is 0 Å². The number of ether oxygens (including phenoxy) is 1. The zero-order chi connectivity index (χ0) is 24.8. The largest absolute Gasteiger partial charge is 0.442 e. The summed E-state index contributed by atoms with van der Waals surface area (Å²) in [6.45, 7) is 1.77. The molecule has 2 aromatic rings. The molecule has 11 heteroatoms. The van der Waals surface area contributed by atoms with Crippen molar-refractivity contribution in [2.45, 2.75) is 19.6 Å². The number of primary amides is 2. The van der Waals surface area contributed by atoms with E-state index in [1.165, 1.54) is 22.8 Å². The quantitative estimate of drug-likeness (QED) is 0.465. The lowest BCUT2D eigenvalue weighted by Gasteiger charge is -2.19. The Kier molecular flexibility index (Phi) is 7.79. The third-order valence-electron chi connectivity index (χ3n) is 5.15. The summed E-state index contributed by atoms with van der Waals surface area (Å²) >= 11 is 0. The minimum absolute atomic E-state index is 0.120. The molecule has 3 rings (SSSR count). The smallest absolute Gasteiger partial charge is 0.414 e. The van der Waals surface area contributed by atoms with E-state index < -0.39 is 29.8 Å². The van der Waals surface area contributed by atoms with Gasteiger partial charge in [-0.3, -0.25) is 24.2 Å². The van der Waals surface area contributed by atoms with Crippen LogP contribution in [0.5, 0.6) is 0 Å². The molecule has 34 heavy (non-hydrogen) atoms. The van der Waals surface area contributed by atoms with E-state index >= 15 is 0 Å². The Morgan fingerprint density at radius 1 is 1.12 bits per heavy atom. The van der Waals surface area contributed by atoms with Gasteiger partial charge >= 0.3 is 6.09 Å². The molecule has 1 atom stereocenters. The minimum Gasteiger partial charge on any atom is -0.442 e. The first-order valence-electron chi connectivity index (χ1n) is 10.5. The molecule has 1 aliphatic rings. The lowest BCUT2D eigenvalue weighted by atomic mass is 10.0. The van der Waals surface area contributed by atoms with E-state index in [1.54, 1.807) is 36.4 Å². The third kappa shape index (κ3) is 6.51. The molecule has 0 bridgehead atoms. The zero-order valence-electron chi connectivity index (χ0n) is 18.6. The van der Waals surface area contributed by atoms with Gasteiger partial charge in [-0.1, -0.05) is 24.3 Å². The second-order valence-corrected chi connectivity index (χ2v) is 7.99. The van der Waals surface area contributed by atoms with Crippen LogP contribution in [0, 0.1) is 5.82 Å². The number of nitrogens with two attached hydrogens (primary N) is 2. The van der Waals surface area contributed by atoms with E-state index in [9.17, 15) is 23.6 Å². The first kappa shape index (κ1) is 24.6. The van der Waals surface area contributed by atoms with Gasteiger partial charge < -0.3 is 21.5 Å². The Labute approximate surface area is 195 Å². The highest BCUT2D eigenvalue weighted by Crippen LogP contribution is 2.29. The van der Waals surface area contributed by atoms with Gasteiger partial charge in [-0.05, 0) is 29.3 Å². The number of hydrogen-bond acceptors (Lipinski definition) is 6. The Hall–Kier alpha value is -3.99. The number of halogens is 1. The molecule has 10 nitrogen and oxygen atoms in total. The molecule has 1 aliphatic heterocycles. The number of rotatable bonds is 10. The zero-order valence-corrected chi connectivity index (χ0v) is 18.6. The van der Waals surface area contributed by atoms with Crippen molar-refractivity contribution in [1.82, 2.24) is 10.2 Å². The fourth-order valence-electron chi connectivity index (χ4n) is 3.66. The summed E-state index contributed by atoms with van der Waals surface area (Å²) < 4.78 is 20.1. The fraction of sp³-hybridized carbons (Fsp3) is 0.304. The van der Waals surface area contributed by atoms with Gasteiger partial charge in [0, 0.05) is 19.0 Å². The molecule has 0 aromatic heterocycles. The van der Waals surface area contributed by atoms with Gasteiger partial charge in [0.05, 0.1) is 31.9 Å². The van der Waals surface area contributed by atoms with Gasteiger partial charge in [0.1, 0.15) is 11.9 Å². The molecule has 2 aromatic carbocycles. The van der Waals surface area contributed by atoms with Crippen LogP contribution in [0.3, 0.4) is 0 Å². The molecule has 0 aliphatic carbocycles. The highest BCUT2D eigenvalue weighted by atomic mass is 19.1. The minimum atomic E-state index is -0.608. The summed E-state index contributed by atoms with van der Waals surface area (Å²) in [5.41, 5.74) is 12.5. The topological polar surface area (TPSA) is 148 Å². The number of cyclic esters (lactones) is 1. The van der Waals surface area contributed by atoms with Crippen molar-refractivity contribution in [3.05, 3.63) is 53.8 Å². The van der Waals surface area contributed by atoms with Gasteiger partial charge in [0.2, 0.25) is 17.7 Å². The molecule has 1 saturated heterocycles. The Balaban J connectivity index is 1.70. The molecule has 0 spiro atoms. The summed E-state index contributed by atoms with van der Waals surface area (Å²) in [5.74, 6) is -1.91. The molecular formula is C23H26FN5O5. The number of carbonyl (C=O) groups is 4. The van der Waals surface area contributed by atoms with Crippen LogP contribution in [0.1, 0.15) is 12.5 Å². The van der Waals surface area contributed by atoms with E-state index in [0.29, 0.717) is 16.8 Å². The summed E-state index contributed by atoms with van der Waals surface area (Å²) in [6.07, 6.45) is -1.13. The summed E-state index contributed by atoms with van der Waals surface area (Å²) in [6, 6.07) is 11.4. The number of benzene rings is 2. The maximum atomic E-state index is 14.9. The van der Waals surface area contributed by atoms with Gasteiger partial charge in [0.25, 0.3) is 0 Å². The van der Waals surface area contributed by atoms with Crippen LogP contribution >= 0.6 is 0 Å². The first-order chi connectivity index (χ1) is 16.1. The van der Waals surface area contributed by atoms with Crippen LogP contribution in [-0.4, -0.2) is 61.0 Å². The van der Waals surface area contributed by atoms with Crippen LogP contribution < -0.4 is 21.7 Å². The van der Waals surface area contributed by atoms with Crippen LogP contribution in [0.4, 0.5) is 14.9 Å². The van der Waals surface area contributed by atoms with E-state index in [-0.39, 0.29) is 38.6 Å². The monoisotopic (exact) mass is 471 g/mol. The van der Waals surface area contributed by atoms with E-state index in [4.69, 9.17) is 16.2 Å². The number of carbonyl (C=O) groups excluding carboxylic acids is 4. The highest BCUT2D eigenvalue weighted by Gasteiger charge is 2.32. The van der Waals surface area contributed by atoms with Crippen molar-refractivity contribution < 1.29 is 28.3 Å². The van der Waals surface area contributed by atoms with E-state index in [1.807, 2.05) is 0 Å². The maximum Gasteiger partial charge on any atom is 0.414 e. The van der Waals surface area contributed by atoms with Crippen molar-refractivity contribution in [1.29, 1.82) is 0 Å². The third-order valence-corrected chi connectivity index (χ3v) is 5.15. The lowest BCUT2D eigenvalue weighted by molar-refractivity contribution is -0.122. The number of nitrogens with zero attached hydrogens (tertiary/aromatic N) is 2. The standard InChI is InChI=1S/C23H26FN5O5/c1-14(30)27-9-18-11-29(23(33)34-18)17-6-7-19(20(24)8-17)16-4-2-15(3-5-16)10-28(12-21(25)31)13-22(26)32/h2-8,18H,9-13H2,1H3,(H2,25,31)(H2,26,32)(H,27,30)/t18-/m0/s1. The Morgan fingerprint density at radius 2 is 1.76 bits per heavy atom. The van der Waals surface area contributed by atoms with Crippen molar-refractivity contribution in [2.75, 3.05) is 31.1 Å². The van der Waals surface area contributed by atoms with Crippen LogP contribution in [-0.2, 0) is 25.7 Å². The molecule has 1 fully saturated rings. The second-order valence-electron chi connectivity index (χ2n) is 7.99. The SMILES string of the molecule is CC(=O)NC[C@H]1CN(c2ccc(-c3ccc(CN(CC(N)=O)CC(N)=O)cc3)c(F)c2)C(=O)O1. The molecular weight excluding hydrogens is 445 g/mol. The van der Waals surface area contributed by atoms with Crippen molar-refractivity contribution in [3.8, 4) is 11.1 Å². The van der Waals surface area contributed by atoms with Gasteiger partial charge in [0.15, 0.2) is 0 Å². The van der Waals surface area contributed by atoms with Crippen molar-refractivity contribution in [2.24, 2.45) is 11.5 Å². The van der Waals surface area contributed by atoms with E-state index in [0.717, 1.165) is 5.56 Å². The number of hydrogen-bond donors (Lipinski definition) is 3. The predicted octanol–water partition coefficient (Wildman–Crippen LogP) is 0.727. The molecule has 180 valence electrons. The summed E-state index contributed by atoms with van der Waals surface area (Å²) in [4.78, 5) is 48.5. The van der Waals surface area contributed by atoms with Crippen LogP contribution in [0.2, 0.25) is 0 Å². The molecule has 5 N–H and O–H groups in total. The summed E-state index contributed by atoms with van der Waals surface area (Å²) in [5, 5.41) is 2.59. The maximum absolute atomic E-state index is 14.9. The van der Waals surface area contributed by atoms with Crippen LogP contribution in [0.15, 0.2) is 42.5 Å². The average Bonchev–Trinajstić information content (AvgIpc) is 3.12. The second kappa shape index (κ2) is 10.8. The molecule has 0 saturated carbocycles. The van der Waals surface area contributed by atoms with Crippen LogP contribution in [0.25, 0.3) is 11.1 Å². The Bertz CT molecular complexity index is 1080. The van der Waals surface area contributed by atoms with Crippen molar-refractivity contribution >= 4 is 29.5 Å². The lowest BCUT2D eigenvalue weighted by Crippen LogP contribution is -2.39.